The van der Waals surface area contributed by atoms with E-state index < -0.39 is 0 Å². The van der Waals surface area contributed by atoms with E-state index >= 15 is 0 Å². The number of benzene rings is 1. The monoisotopic (exact) mass is 464 g/mol. The van der Waals surface area contributed by atoms with Crippen LogP contribution >= 0.6 is 0 Å². The van der Waals surface area contributed by atoms with Crippen molar-refractivity contribution in [1.29, 1.82) is 0 Å². The number of fused-ring (bicyclic) bond motifs is 5. The van der Waals surface area contributed by atoms with Crippen molar-refractivity contribution in [3.63, 3.8) is 0 Å². The molecule has 5 fully saturated rings. The topological polar surface area (TPSA) is 70.9 Å². The Balaban J connectivity index is 1.35. The highest BCUT2D eigenvalue weighted by molar-refractivity contribution is 5.92. The van der Waals surface area contributed by atoms with E-state index in [4.69, 9.17) is 9.99 Å². The van der Waals surface area contributed by atoms with Gasteiger partial charge in [-0.3, -0.25) is 4.79 Å². The van der Waals surface area contributed by atoms with E-state index in [1.165, 1.54) is 17.7 Å². The quantitative estimate of drug-likeness (QED) is 0.634. The third kappa shape index (κ3) is 3.41. The lowest BCUT2D eigenvalue weighted by Crippen LogP contribution is -2.58. The van der Waals surface area contributed by atoms with Gasteiger partial charge in [-0.1, -0.05) is 42.4 Å². The molecule has 2 N–H and O–H groups in total. The Morgan fingerprint density at radius 2 is 1.88 bits per heavy atom. The van der Waals surface area contributed by atoms with E-state index in [1.807, 2.05) is 0 Å². The Labute approximate surface area is 203 Å². The molecule has 1 heterocycles. The van der Waals surface area contributed by atoms with Crippen LogP contribution in [0.15, 0.2) is 35.5 Å². The van der Waals surface area contributed by atoms with Crippen LogP contribution in [0, 0.1) is 34.5 Å². The van der Waals surface area contributed by atoms with Crippen molar-refractivity contribution in [3.8, 4) is 0 Å². The molecule has 0 spiro atoms. The first kappa shape index (κ1) is 22.7. The van der Waals surface area contributed by atoms with Crippen LogP contribution in [0.1, 0.15) is 76.2 Å². The maximum atomic E-state index is 12.8. The SMILES string of the molecule is C[C@]12CCC3C(CCC4C(c5ccccc5)/C(=N\OC5CCNC5)CC[C@@]43CO)C1CCC2=O. The van der Waals surface area contributed by atoms with Crippen molar-refractivity contribution in [1.82, 2.24) is 5.32 Å². The molecule has 0 amide bonds. The normalized spacial score (nSPS) is 45.0. The summed E-state index contributed by atoms with van der Waals surface area (Å²) in [6.07, 6.45) is 9.24. The van der Waals surface area contributed by atoms with Crippen LogP contribution in [-0.4, -0.2) is 42.4 Å². The van der Waals surface area contributed by atoms with E-state index in [-0.39, 0.29) is 29.5 Å². The van der Waals surface area contributed by atoms with Crippen molar-refractivity contribution in [2.45, 2.75) is 76.7 Å². The summed E-state index contributed by atoms with van der Waals surface area (Å²) >= 11 is 0. The molecule has 1 saturated heterocycles. The Hall–Kier alpha value is -1.72. The highest BCUT2D eigenvalue weighted by Gasteiger charge is 2.63. The van der Waals surface area contributed by atoms with Gasteiger partial charge in [-0.05, 0) is 80.7 Å². The third-order valence-corrected chi connectivity index (χ3v) is 10.8. The van der Waals surface area contributed by atoms with Crippen LogP contribution in [0.3, 0.4) is 0 Å². The molecular weight excluding hydrogens is 424 g/mol. The summed E-state index contributed by atoms with van der Waals surface area (Å²) in [7, 11) is 0. The minimum absolute atomic E-state index is 0.0790. The average molecular weight is 465 g/mol. The summed E-state index contributed by atoms with van der Waals surface area (Å²) in [6, 6.07) is 10.8. The number of aliphatic hydroxyl groups excluding tert-OH is 1. The van der Waals surface area contributed by atoms with Crippen LogP contribution in [-0.2, 0) is 9.63 Å². The Morgan fingerprint density at radius 1 is 1.03 bits per heavy atom. The molecule has 0 bridgehead atoms. The second kappa shape index (κ2) is 8.74. The fraction of sp³-hybridized carbons (Fsp3) is 0.724. The highest BCUT2D eigenvalue weighted by Crippen LogP contribution is 2.67. The lowest BCUT2D eigenvalue weighted by molar-refractivity contribution is -0.145. The fourth-order valence-corrected chi connectivity index (χ4v) is 9.09. The van der Waals surface area contributed by atoms with Crippen LogP contribution < -0.4 is 5.32 Å². The van der Waals surface area contributed by atoms with Crippen LogP contribution in [0.4, 0.5) is 0 Å². The minimum atomic E-state index is -0.117. The van der Waals surface area contributed by atoms with Crippen molar-refractivity contribution in [2.24, 2.45) is 39.7 Å². The summed E-state index contributed by atoms with van der Waals surface area (Å²) in [6.45, 7) is 4.37. The Morgan fingerprint density at radius 3 is 2.65 bits per heavy atom. The zero-order valence-corrected chi connectivity index (χ0v) is 20.5. The predicted octanol–water partition coefficient (Wildman–Crippen LogP) is 4.70. The van der Waals surface area contributed by atoms with Gasteiger partial charge in [0.1, 0.15) is 11.9 Å². The predicted molar refractivity (Wildman–Crippen MR) is 133 cm³/mol. The van der Waals surface area contributed by atoms with Gasteiger partial charge in [0.05, 0.1) is 5.71 Å². The van der Waals surface area contributed by atoms with Gasteiger partial charge in [-0.25, -0.2) is 0 Å². The average Bonchev–Trinajstić information content (AvgIpc) is 3.50. The van der Waals surface area contributed by atoms with Crippen molar-refractivity contribution >= 4 is 11.5 Å². The second-order valence-electron chi connectivity index (χ2n) is 12.1. The summed E-state index contributed by atoms with van der Waals surface area (Å²) in [4.78, 5) is 18.9. The number of carbonyl (C=O) groups excluding carboxylic acids is 1. The van der Waals surface area contributed by atoms with E-state index in [0.29, 0.717) is 29.5 Å². The lowest BCUT2D eigenvalue weighted by atomic mass is 9.43. The number of Topliss-reactive ketones (excluding diaryl/α,β-unsaturated/α-hetero) is 1. The molecule has 8 atom stereocenters. The Kier molecular flexibility index (Phi) is 5.84. The molecule has 5 nitrogen and oxygen atoms in total. The van der Waals surface area contributed by atoms with E-state index in [0.717, 1.165) is 64.5 Å². The smallest absolute Gasteiger partial charge is 0.141 e. The maximum absolute atomic E-state index is 12.8. The fourth-order valence-electron chi connectivity index (χ4n) is 9.09. The number of aliphatic hydroxyl groups is 1. The molecule has 5 heteroatoms. The van der Waals surface area contributed by atoms with Gasteiger partial charge < -0.3 is 15.3 Å². The maximum Gasteiger partial charge on any atom is 0.141 e. The lowest BCUT2D eigenvalue weighted by Gasteiger charge is -2.61. The third-order valence-electron chi connectivity index (χ3n) is 10.8. The van der Waals surface area contributed by atoms with E-state index in [2.05, 4.69) is 42.6 Å². The molecule has 184 valence electrons. The minimum Gasteiger partial charge on any atom is -0.396 e. The molecule has 4 saturated carbocycles. The summed E-state index contributed by atoms with van der Waals surface area (Å²) < 4.78 is 0. The first-order valence-corrected chi connectivity index (χ1v) is 13.7. The van der Waals surface area contributed by atoms with E-state index in [9.17, 15) is 9.90 Å². The zero-order valence-electron chi connectivity index (χ0n) is 20.5. The first-order valence-electron chi connectivity index (χ1n) is 13.7. The molecule has 5 aliphatic rings. The molecule has 1 aromatic rings. The van der Waals surface area contributed by atoms with Gasteiger partial charge in [-0.2, -0.15) is 0 Å². The van der Waals surface area contributed by atoms with Crippen LogP contribution in [0.5, 0.6) is 0 Å². The largest absolute Gasteiger partial charge is 0.396 e. The van der Waals surface area contributed by atoms with Crippen molar-refractivity contribution < 1.29 is 14.7 Å². The molecule has 6 unspecified atom stereocenters. The van der Waals surface area contributed by atoms with Crippen molar-refractivity contribution in [3.05, 3.63) is 35.9 Å². The molecule has 0 radical (unpaired) electrons. The Bertz CT molecular complexity index is 942. The molecule has 1 aromatic carbocycles. The molecule has 1 aliphatic heterocycles. The number of hydrogen-bond acceptors (Lipinski definition) is 5. The van der Waals surface area contributed by atoms with Gasteiger partial charge in [0, 0.05) is 42.7 Å². The van der Waals surface area contributed by atoms with Crippen LogP contribution in [0.2, 0.25) is 0 Å². The van der Waals surface area contributed by atoms with E-state index in [1.54, 1.807) is 0 Å². The highest BCUT2D eigenvalue weighted by atomic mass is 16.6. The molecule has 4 aliphatic carbocycles. The van der Waals surface area contributed by atoms with Crippen molar-refractivity contribution in [2.75, 3.05) is 19.7 Å². The van der Waals surface area contributed by atoms with Gasteiger partial charge in [0.2, 0.25) is 0 Å². The molecule has 34 heavy (non-hydrogen) atoms. The molecular formula is C29H40N2O3. The number of carbonyl (C=O) groups is 1. The first-order chi connectivity index (χ1) is 16.6. The number of nitrogens with one attached hydrogen (secondary N) is 1. The summed E-state index contributed by atoms with van der Waals surface area (Å²) in [5.41, 5.74) is 2.28. The number of hydrogen-bond donors (Lipinski definition) is 2. The number of nitrogens with zero attached hydrogens (tertiary/aromatic N) is 1. The number of oxime groups is 1. The van der Waals surface area contributed by atoms with Gasteiger partial charge in [0.25, 0.3) is 0 Å². The second-order valence-corrected chi connectivity index (χ2v) is 12.1. The molecule has 0 aromatic heterocycles. The number of ketones is 1. The van der Waals surface area contributed by atoms with Gasteiger partial charge in [-0.15, -0.1) is 0 Å². The zero-order chi connectivity index (χ0) is 23.3. The van der Waals surface area contributed by atoms with Crippen LogP contribution in [0.25, 0.3) is 0 Å². The summed E-state index contributed by atoms with van der Waals surface area (Å²) in [5, 5.41) is 19.3. The molecule has 6 rings (SSSR count). The standard InChI is InChI=1S/C29H40N2O3/c1-28-14-11-23-21(22(28)9-10-26(28)33)7-8-24-27(19-5-3-2-4-6-19)25(12-15-29(23,24)18-32)31-34-20-13-16-30-17-20/h2-6,20-24,27,30,32H,7-18H2,1H3/b31-25-/t20?,21?,22?,23?,24?,27?,28-,29-/m0/s1. The van der Waals surface area contributed by atoms with Gasteiger partial charge >= 0.3 is 0 Å². The number of rotatable bonds is 4. The summed E-state index contributed by atoms with van der Waals surface area (Å²) in [5.74, 6) is 2.66. The van der Waals surface area contributed by atoms with Gasteiger partial charge in [0.15, 0.2) is 0 Å².